The van der Waals surface area contributed by atoms with E-state index in [4.69, 9.17) is 0 Å². The van der Waals surface area contributed by atoms with E-state index in [-0.39, 0.29) is 0 Å². The molecule has 0 amide bonds. The minimum Gasteiger partial charge on any atom is -0.342 e. The molecule has 0 N–H and O–H groups in total. The molecular formula is C32H66NP. The summed E-state index contributed by atoms with van der Waals surface area (Å²) in [4.78, 5) is 2.42. The zero-order valence-corrected chi connectivity index (χ0v) is 27.5. The molecule has 0 saturated carbocycles. The summed E-state index contributed by atoms with van der Waals surface area (Å²) in [7, 11) is 3.93. The molecule has 1 nitrogen and oxygen atoms in total. The van der Waals surface area contributed by atoms with Crippen LogP contribution in [0.15, 0.2) is 35.6 Å². The van der Waals surface area contributed by atoms with Crippen LogP contribution in [0.3, 0.4) is 0 Å². The second-order valence-electron chi connectivity index (χ2n) is 8.06. The van der Waals surface area contributed by atoms with Crippen LogP contribution in [0, 0.1) is 30.6 Å². The molecule has 2 heteroatoms. The molecule has 0 spiro atoms. The highest BCUT2D eigenvalue weighted by molar-refractivity contribution is 7.20. The van der Waals surface area contributed by atoms with E-state index in [1.54, 1.807) is 0 Å². The average molecular weight is 496 g/mol. The van der Waals surface area contributed by atoms with Crippen LogP contribution in [0.25, 0.3) is 0 Å². The quantitative estimate of drug-likeness (QED) is 0.175. The fourth-order valence-corrected chi connectivity index (χ4v) is 3.30. The molecule has 0 aromatic rings. The molecule has 0 unspecified atom stereocenters. The number of terminal acetylenes is 1. The number of hydrogen-bond acceptors (Lipinski definition) is 0. The third-order valence-electron chi connectivity index (χ3n) is 3.93. The predicted octanol–water partition coefficient (Wildman–Crippen LogP) is 11.5. The van der Waals surface area contributed by atoms with E-state index in [9.17, 15) is 0 Å². The van der Waals surface area contributed by atoms with Gasteiger partial charge in [0.15, 0.2) is 0 Å². The van der Waals surface area contributed by atoms with Gasteiger partial charge in [0.2, 0.25) is 0 Å². The summed E-state index contributed by atoms with van der Waals surface area (Å²) in [6.45, 7) is 35.2. The molecule has 0 fully saturated rings. The molecule has 0 aromatic heterocycles. The number of nitrogens with zero attached hydrogens (tertiary/aromatic N) is 1. The number of rotatable bonds is 9. The van der Waals surface area contributed by atoms with E-state index >= 15 is 0 Å². The predicted molar refractivity (Wildman–Crippen MR) is 170 cm³/mol. The van der Waals surface area contributed by atoms with Gasteiger partial charge in [0.05, 0.1) is 0 Å². The molecule has 0 aliphatic carbocycles. The van der Waals surface area contributed by atoms with Crippen LogP contribution in [-0.2, 0) is 0 Å². The van der Waals surface area contributed by atoms with Crippen molar-refractivity contribution in [3.05, 3.63) is 35.6 Å². The Morgan fingerprint density at radius 1 is 0.824 bits per heavy atom. The first-order chi connectivity index (χ1) is 16.1. The molecule has 0 radical (unpaired) electrons. The van der Waals surface area contributed by atoms with Gasteiger partial charge in [-0.1, -0.05) is 130 Å². The van der Waals surface area contributed by atoms with Gasteiger partial charge >= 0.3 is 0 Å². The second-order valence-corrected chi connectivity index (χ2v) is 8.57. The lowest BCUT2D eigenvalue weighted by Crippen LogP contribution is -2.34. The lowest BCUT2D eigenvalue weighted by molar-refractivity contribution is 0.487. The highest BCUT2D eigenvalue weighted by atomic mass is 31.0. The summed E-state index contributed by atoms with van der Waals surface area (Å²) in [6, 6.07) is 0. The van der Waals surface area contributed by atoms with E-state index in [1.807, 2.05) is 27.7 Å². The standard InChI is InChI=1S/C19H34NP.C4H10.C3H8.2C2H6.C2H2/c1-8-13-14-17(15(6)7)18(11-4)20(12-5)19(21)16(9-2)10-3;1-4(2)3;1-3-2;3*1-2/h8,11,13-16,21H,9-10,12H2,1-7H3;4H,1-3H3;3H2,1-2H3;2*1-2H3;1-2H/b13-8-,17-14-,18-11-;;;;;. The van der Waals surface area contributed by atoms with Gasteiger partial charge in [-0.3, -0.25) is 0 Å². The first-order valence-electron chi connectivity index (χ1n) is 13.8. The fraction of sp³-hybridized carbons (Fsp3) is 0.719. The second kappa shape index (κ2) is 39.0. The van der Waals surface area contributed by atoms with Crippen molar-refractivity contribution in [3.8, 4) is 12.8 Å². The van der Waals surface area contributed by atoms with Crippen LogP contribution in [0.4, 0.5) is 0 Å². The van der Waals surface area contributed by atoms with Gasteiger partial charge in [0, 0.05) is 23.6 Å². The Balaban J connectivity index is -0.000000126. The van der Waals surface area contributed by atoms with Gasteiger partial charge in [-0.15, -0.1) is 12.8 Å². The summed E-state index contributed by atoms with van der Waals surface area (Å²) >= 11 is 0. The molecule has 204 valence electrons. The normalized spacial score (nSPS) is 10.4. The van der Waals surface area contributed by atoms with Gasteiger partial charge in [0.25, 0.3) is 0 Å². The number of allylic oxidation sites excluding steroid dienone is 5. The van der Waals surface area contributed by atoms with E-state index in [0.717, 1.165) is 12.5 Å². The van der Waals surface area contributed by atoms with Crippen LogP contribution >= 0.6 is 8.86 Å². The van der Waals surface area contributed by atoms with Crippen LogP contribution < -0.4 is 0 Å². The van der Waals surface area contributed by atoms with Gasteiger partial charge in [-0.05, 0) is 51.0 Å². The highest BCUT2D eigenvalue weighted by Crippen LogP contribution is 2.27. The van der Waals surface area contributed by atoms with Crippen LogP contribution in [-0.4, -0.2) is 16.9 Å². The molecule has 0 aromatic carbocycles. The minimum atomic E-state index is 0.502. The Hall–Kier alpha value is -1.25. The van der Waals surface area contributed by atoms with Gasteiger partial charge in [0.1, 0.15) is 0 Å². The summed E-state index contributed by atoms with van der Waals surface area (Å²) in [6.07, 6.45) is 20.3. The Kier molecular flexibility index (Phi) is 52.9. The molecule has 0 atom stereocenters. The first-order valence-corrected chi connectivity index (χ1v) is 14.3. The number of likely N-dealkylation sites (N-methyl/N-ethyl adjacent to an activating group) is 1. The van der Waals surface area contributed by atoms with Crippen molar-refractivity contribution >= 4 is 14.3 Å². The molecule has 0 rings (SSSR count). The van der Waals surface area contributed by atoms with Crippen LogP contribution in [0.2, 0.25) is 0 Å². The fourth-order valence-electron chi connectivity index (χ4n) is 2.62. The van der Waals surface area contributed by atoms with E-state index in [2.05, 4.69) is 134 Å². The zero-order valence-electron chi connectivity index (χ0n) is 26.5. The van der Waals surface area contributed by atoms with Crippen molar-refractivity contribution in [2.75, 3.05) is 6.54 Å². The van der Waals surface area contributed by atoms with Crippen molar-refractivity contribution in [1.82, 2.24) is 4.90 Å². The van der Waals surface area contributed by atoms with Gasteiger partial charge < -0.3 is 4.90 Å². The Morgan fingerprint density at radius 2 is 1.18 bits per heavy atom. The Morgan fingerprint density at radius 3 is 1.38 bits per heavy atom. The van der Waals surface area contributed by atoms with Crippen molar-refractivity contribution in [1.29, 1.82) is 0 Å². The maximum absolute atomic E-state index is 4.00. The topological polar surface area (TPSA) is 3.24 Å². The molecule has 0 aliphatic rings. The molecule has 0 aliphatic heterocycles. The van der Waals surface area contributed by atoms with Crippen LogP contribution in [0.1, 0.15) is 130 Å². The van der Waals surface area contributed by atoms with Crippen molar-refractivity contribution in [3.63, 3.8) is 0 Å². The van der Waals surface area contributed by atoms with Gasteiger partial charge in [-0.25, -0.2) is 0 Å². The molecule has 0 bridgehead atoms. The minimum absolute atomic E-state index is 0.502. The average Bonchev–Trinajstić information content (AvgIpc) is 2.83. The third-order valence-corrected chi connectivity index (χ3v) is 4.61. The molecular weight excluding hydrogens is 429 g/mol. The smallest absolute Gasteiger partial charge is 0.0409 e. The maximum atomic E-state index is 4.00. The van der Waals surface area contributed by atoms with Gasteiger partial charge in [-0.2, -0.15) is 0 Å². The zero-order chi connectivity index (χ0) is 28.7. The van der Waals surface area contributed by atoms with E-state index in [1.165, 1.54) is 36.0 Å². The lowest BCUT2D eigenvalue weighted by Gasteiger charge is -2.33. The molecule has 34 heavy (non-hydrogen) atoms. The third kappa shape index (κ3) is 28.8. The largest absolute Gasteiger partial charge is 0.342 e. The summed E-state index contributed by atoms with van der Waals surface area (Å²) < 4.78 is 0. The maximum Gasteiger partial charge on any atom is 0.0409 e. The summed E-state index contributed by atoms with van der Waals surface area (Å²) in [5, 5.41) is 0. The molecule has 0 heterocycles. The van der Waals surface area contributed by atoms with E-state index in [0.29, 0.717) is 11.8 Å². The van der Waals surface area contributed by atoms with Crippen molar-refractivity contribution in [2.45, 2.75) is 130 Å². The van der Waals surface area contributed by atoms with Crippen LogP contribution in [0.5, 0.6) is 0 Å². The van der Waals surface area contributed by atoms with Crippen molar-refractivity contribution in [2.24, 2.45) is 17.8 Å². The first kappa shape index (κ1) is 46.1. The van der Waals surface area contributed by atoms with Crippen molar-refractivity contribution < 1.29 is 0 Å². The molecule has 0 saturated heterocycles. The summed E-state index contributed by atoms with van der Waals surface area (Å²) in [5.74, 6) is 1.93. The Labute approximate surface area is 221 Å². The van der Waals surface area contributed by atoms with E-state index < -0.39 is 0 Å². The SMILES string of the molecule is C#C.CC.CC.CC(C)C.CCC.C\C=C/C=C(\C(=C\C)N(CC)C(=P)C(CC)CC)C(C)C. The Bertz CT molecular complexity index is 486. The number of hydrogen-bond donors (Lipinski definition) is 0. The lowest BCUT2D eigenvalue weighted by atomic mass is 9.96. The highest BCUT2D eigenvalue weighted by Gasteiger charge is 2.21. The summed E-state index contributed by atoms with van der Waals surface area (Å²) in [5.41, 5.74) is 4.02. The monoisotopic (exact) mass is 495 g/mol.